The Balaban J connectivity index is 1.32. The molecule has 1 fully saturated rings. The molecule has 2 heteroatoms. The van der Waals surface area contributed by atoms with Gasteiger partial charge in [0, 0.05) is 25.7 Å². The van der Waals surface area contributed by atoms with E-state index in [1.54, 1.807) is 0 Å². The molecule has 1 aliphatic rings. The molecule has 0 spiro atoms. The summed E-state index contributed by atoms with van der Waals surface area (Å²) in [5.41, 5.74) is 4.29. The van der Waals surface area contributed by atoms with Crippen LogP contribution in [0.25, 0.3) is 10.8 Å². The van der Waals surface area contributed by atoms with Crippen LogP contribution in [0, 0.1) is 5.92 Å². The van der Waals surface area contributed by atoms with E-state index in [1.807, 2.05) is 0 Å². The summed E-state index contributed by atoms with van der Waals surface area (Å²) in [7, 11) is 0. The monoisotopic (exact) mass is 434 g/mol. The number of hydrogen-bond donors (Lipinski definition) is 1. The third-order valence-electron chi connectivity index (χ3n) is 7.27. The quantitative estimate of drug-likeness (QED) is 0.344. The van der Waals surface area contributed by atoms with E-state index in [-0.39, 0.29) is 0 Å². The van der Waals surface area contributed by atoms with E-state index in [2.05, 4.69) is 120 Å². The van der Waals surface area contributed by atoms with E-state index in [9.17, 15) is 0 Å². The van der Waals surface area contributed by atoms with Crippen molar-refractivity contribution in [1.29, 1.82) is 0 Å². The van der Waals surface area contributed by atoms with Gasteiger partial charge in [-0.3, -0.25) is 4.90 Å². The number of benzene rings is 4. The molecule has 4 aromatic carbocycles. The van der Waals surface area contributed by atoms with Crippen LogP contribution >= 0.6 is 0 Å². The summed E-state index contributed by atoms with van der Waals surface area (Å²) in [5.74, 6) is 1.19. The lowest BCUT2D eigenvalue weighted by Gasteiger charge is -2.39. The van der Waals surface area contributed by atoms with E-state index in [0.717, 1.165) is 26.2 Å². The summed E-state index contributed by atoms with van der Waals surface area (Å²) in [6.45, 7) is 6.66. The minimum atomic E-state index is 0.317. The zero-order valence-electron chi connectivity index (χ0n) is 19.5. The molecule has 4 aromatic rings. The fourth-order valence-electron chi connectivity index (χ4n) is 5.50. The van der Waals surface area contributed by atoms with Gasteiger partial charge in [-0.05, 0) is 59.2 Å². The number of nitrogens with one attached hydrogen (secondary N) is 1. The van der Waals surface area contributed by atoms with E-state index >= 15 is 0 Å². The highest BCUT2D eigenvalue weighted by Crippen LogP contribution is 2.34. The molecular formula is C31H34N2. The van der Waals surface area contributed by atoms with Crippen LogP contribution in [-0.4, -0.2) is 24.5 Å². The van der Waals surface area contributed by atoms with Crippen molar-refractivity contribution >= 4 is 10.8 Å². The van der Waals surface area contributed by atoms with Crippen molar-refractivity contribution in [2.75, 3.05) is 19.6 Å². The van der Waals surface area contributed by atoms with E-state index < -0.39 is 0 Å². The Kier molecular flexibility index (Phi) is 6.85. The summed E-state index contributed by atoms with van der Waals surface area (Å²) in [5, 5.41) is 6.59. The smallest absolute Gasteiger partial charge is 0.0298 e. The lowest BCUT2D eigenvalue weighted by Crippen LogP contribution is -2.43. The number of likely N-dealkylation sites (tertiary alicyclic amines) is 1. The van der Waals surface area contributed by atoms with E-state index in [0.29, 0.717) is 17.9 Å². The zero-order valence-corrected chi connectivity index (χ0v) is 19.5. The number of nitrogens with zero attached hydrogens (tertiary/aromatic N) is 1. The molecule has 0 amide bonds. The molecule has 2 unspecified atom stereocenters. The highest BCUT2D eigenvalue weighted by molar-refractivity contribution is 5.86. The van der Waals surface area contributed by atoms with Gasteiger partial charge in [0.15, 0.2) is 0 Å². The first-order valence-corrected chi connectivity index (χ1v) is 12.3. The molecule has 1 heterocycles. The van der Waals surface area contributed by atoms with Crippen molar-refractivity contribution in [2.45, 2.75) is 31.8 Å². The van der Waals surface area contributed by atoms with Crippen molar-refractivity contribution in [1.82, 2.24) is 10.2 Å². The van der Waals surface area contributed by atoms with Gasteiger partial charge in [-0.15, -0.1) is 0 Å². The van der Waals surface area contributed by atoms with Gasteiger partial charge in [0.2, 0.25) is 0 Å². The Hall–Kier alpha value is -2.94. The maximum Gasteiger partial charge on any atom is 0.0298 e. The lowest BCUT2D eigenvalue weighted by molar-refractivity contribution is 0.143. The molecule has 0 bridgehead atoms. The van der Waals surface area contributed by atoms with Gasteiger partial charge in [-0.2, -0.15) is 0 Å². The molecule has 3 atom stereocenters. The predicted octanol–water partition coefficient (Wildman–Crippen LogP) is 6.80. The van der Waals surface area contributed by atoms with Crippen LogP contribution in [0.1, 0.15) is 42.0 Å². The SMILES string of the molecule is C[C@@H](NCC1CN(Cc2ccccc2)CCC1c1ccccc1)c1cccc2ccccc12. The van der Waals surface area contributed by atoms with Crippen molar-refractivity contribution in [3.8, 4) is 0 Å². The highest BCUT2D eigenvalue weighted by Gasteiger charge is 2.30. The van der Waals surface area contributed by atoms with E-state index in [1.165, 1.54) is 33.9 Å². The molecule has 1 aliphatic heterocycles. The van der Waals surface area contributed by atoms with Gasteiger partial charge in [0.05, 0.1) is 0 Å². The second kappa shape index (κ2) is 10.3. The molecule has 1 N–H and O–H groups in total. The standard InChI is InChI=1S/C31H34N2/c1-24(29-18-10-16-27-15-8-9-17-31(27)29)32-21-28-23-33(22-25-11-4-2-5-12-25)20-19-30(28)26-13-6-3-7-14-26/h2-18,24,28,30,32H,19-23H2,1H3/t24-,28?,30?/m1/s1. The second-order valence-corrected chi connectivity index (χ2v) is 9.48. The third-order valence-corrected chi connectivity index (χ3v) is 7.27. The number of hydrogen-bond acceptors (Lipinski definition) is 2. The maximum atomic E-state index is 3.92. The fourth-order valence-corrected chi connectivity index (χ4v) is 5.50. The predicted molar refractivity (Wildman–Crippen MR) is 139 cm³/mol. The molecule has 0 aliphatic carbocycles. The summed E-state index contributed by atoms with van der Waals surface area (Å²) in [6.07, 6.45) is 1.21. The Morgan fingerprint density at radius 3 is 2.33 bits per heavy atom. The molecule has 0 aromatic heterocycles. The van der Waals surface area contributed by atoms with Crippen LogP contribution in [0.15, 0.2) is 103 Å². The summed E-state index contributed by atoms with van der Waals surface area (Å²) in [4.78, 5) is 2.64. The van der Waals surface area contributed by atoms with Gasteiger partial charge in [-0.25, -0.2) is 0 Å². The molecule has 0 radical (unpaired) electrons. The van der Waals surface area contributed by atoms with Crippen molar-refractivity contribution in [3.63, 3.8) is 0 Å². The van der Waals surface area contributed by atoms with Crippen LogP contribution in [-0.2, 0) is 6.54 Å². The lowest BCUT2D eigenvalue weighted by atomic mass is 9.80. The van der Waals surface area contributed by atoms with Gasteiger partial charge in [0.25, 0.3) is 0 Å². The Morgan fingerprint density at radius 2 is 1.52 bits per heavy atom. The number of piperidine rings is 1. The minimum Gasteiger partial charge on any atom is -0.310 e. The first kappa shape index (κ1) is 21.9. The zero-order chi connectivity index (χ0) is 22.5. The van der Waals surface area contributed by atoms with Gasteiger partial charge >= 0.3 is 0 Å². The second-order valence-electron chi connectivity index (χ2n) is 9.48. The fraction of sp³-hybridized carbons (Fsp3) is 0.290. The van der Waals surface area contributed by atoms with Crippen molar-refractivity contribution in [2.24, 2.45) is 5.92 Å². The number of rotatable bonds is 7. The van der Waals surface area contributed by atoms with Crippen molar-refractivity contribution < 1.29 is 0 Å². The molecular weight excluding hydrogens is 400 g/mol. The van der Waals surface area contributed by atoms with Crippen molar-refractivity contribution in [3.05, 3.63) is 120 Å². The number of fused-ring (bicyclic) bond motifs is 1. The summed E-state index contributed by atoms with van der Waals surface area (Å²) < 4.78 is 0. The Labute approximate surface area is 198 Å². The molecule has 5 rings (SSSR count). The summed E-state index contributed by atoms with van der Waals surface area (Å²) in [6, 6.07) is 37.8. The van der Waals surface area contributed by atoms with Gasteiger partial charge in [0.1, 0.15) is 0 Å². The Bertz CT molecular complexity index is 1150. The van der Waals surface area contributed by atoms with Crippen LogP contribution in [0.3, 0.4) is 0 Å². The maximum absolute atomic E-state index is 3.92. The minimum absolute atomic E-state index is 0.317. The van der Waals surface area contributed by atoms with Gasteiger partial charge in [-0.1, -0.05) is 103 Å². The van der Waals surface area contributed by atoms with Crippen LogP contribution in [0.5, 0.6) is 0 Å². The van der Waals surface area contributed by atoms with Gasteiger partial charge < -0.3 is 5.32 Å². The molecule has 33 heavy (non-hydrogen) atoms. The summed E-state index contributed by atoms with van der Waals surface area (Å²) >= 11 is 0. The molecule has 2 nitrogen and oxygen atoms in total. The normalized spacial score (nSPS) is 20.0. The topological polar surface area (TPSA) is 15.3 Å². The largest absolute Gasteiger partial charge is 0.310 e. The van der Waals surface area contributed by atoms with E-state index in [4.69, 9.17) is 0 Å². The first-order valence-electron chi connectivity index (χ1n) is 12.3. The highest BCUT2D eigenvalue weighted by atomic mass is 15.1. The Morgan fingerprint density at radius 1 is 0.818 bits per heavy atom. The first-order chi connectivity index (χ1) is 16.3. The van der Waals surface area contributed by atoms with Crippen LogP contribution in [0.4, 0.5) is 0 Å². The van der Waals surface area contributed by atoms with Crippen LogP contribution in [0.2, 0.25) is 0 Å². The molecule has 0 saturated carbocycles. The third kappa shape index (κ3) is 5.19. The molecule has 1 saturated heterocycles. The van der Waals surface area contributed by atoms with Crippen LogP contribution < -0.4 is 5.32 Å². The molecule has 168 valence electrons. The average molecular weight is 435 g/mol. The average Bonchev–Trinajstić information content (AvgIpc) is 2.88.